The average Bonchev–Trinajstić information content (AvgIpc) is 1.86. The first-order valence-electron chi connectivity index (χ1n) is 2.32. The van der Waals surface area contributed by atoms with Gasteiger partial charge in [-0.05, 0) is 0 Å². The van der Waals surface area contributed by atoms with Crippen molar-refractivity contribution >= 4 is 11.9 Å². The molecule has 1 radical (unpaired) electrons. The molecule has 0 aliphatic rings. The van der Waals surface area contributed by atoms with Crippen LogP contribution in [0.2, 0.25) is 0 Å². The summed E-state index contributed by atoms with van der Waals surface area (Å²) in [5.41, 5.74) is 0. The second-order valence-corrected chi connectivity index (χ2v) is 1.72. The molecule has 0 saturated carbocycles. The molecule has 0 aliphatic carbocycles. The smallest absolute Gasteiger partial charge is 0.354 e. The van der Waals surface area contributed by atoms with Gasteiger partial charge in [0, 0.05) is 22.4 Å². The Morgan fingerprint density at radius 1 is 0.846 bits per heavy atom. The van der Waals surface area contributed by atoms with E-state index in [1.54, 1.807) is 0 Å². The summed E-state index contributed by atoms with van der Waals surface area (Å²) in [6.45, 7) is 0. The van der Waals surface area contributed by atoms with Gasteiger partial charge in [0.2, 0.25) is 0 Å². The number of aliphatic carboxylic acids is 2. The van der Waals surface area contributed by atoms with Crippen molar-refractivity contribution in [3.63, 3.8) is 0 Å². The van der Waals surface area contributed by atoms with Crippen LogP contribution in [0.4, 0.5) is 17.6 Å². The van der Waals surface area contributed by atoms with Crippen LogP contribution in [-0.2, 0) is 32.0 Å². The summed E-state index contributed by atoms with van der Waals surface area (Å²) in [6, 6.07) is 0. The van der Waals surface area contributed by atoms with Gasteiger partial charge in [-0.3, -0.25) is 0 Å². The molecule has 0 heterocycles. The van der Waals surface area contributed by atoms with Crippen LogP contribution >= 0.6 is 0 Å². The van der Waals surface area contributed by atoms with Crippen LogP contribution in [0.3, 0.4) is 0 Å². The number of carboxylic acids is 2. The van der Waals surface area contributed by atoms with Crippen molar-refractivity contribution in [3.8, 4) is 0 Å². The quantitative estimate of drug-likeness (QED) is 0.435. The van der Waals surface area contributed by atoms with Crippen LogP contribution in [0, 0.1) is 0 Å². The second-order valence-electron chi connectivity index (χ2n) is 1.72. The summed E-state index contributed by atoms with van der Waals surface area (Å²) in [6.07, 6.45) is 0. The van der Waals surface area contributed by atoms with E-state index in [-0.39, 0.29) is 22.4 Å². The van der Waals surface area contributed by atoms with Crippen LogP contribution in [0.5, 0.6) is 0 Å². The van der Waals surface area contributed by atoms with Crippen molar-refractivity contribution in [1.82, 2.24) is 0 Å². The maximum Gasteiger partial charge on any atom is 0.354 e. The zero-order valence-corrected chi connectivity index (χ0v) is 6.93. The second kappa shape index (κ2) is 4.07. The van der Waals surface area contributed by atoms with Crippen molar-refractivity contribution in [2.24, 2.45) is 0 Å². The molecule has 0 aromatic heterocycles. The van der Waals surface area contributed by atoms with E-state index in [1.807, 2.05) is 0 Å². The first-order chi connectivity index (χ1) is 5.14. The Morgan fingerprint density at radius 2 is 1.00 bits per heavy atom. The fraction of sp³-hybridized carbons (Fsp3) is 0.500. The van der Waals surface area contributed by atoms with E-state index in [4.69, 9.17) is 0 Å². The fourth-order valence-electron chi connectivity index (χ4n) is 0.256. The monoisotopic (exact) mass is 295 g/mol. The van der Waals surface area contributed by atoms with Gasteiger partial charge in [0.15, 0.2) is 0 Å². The average molecular weight is 296 g/mol. The van der Waals surface area contributed by atoms with E-state index in [0.29, 0.717) is 0 Å². The topological polar surface area (TPSA) is 80.3 Å². The van der Waals surface area contributed by atoms with Gasteiger partial charge < -0.3 is 19.8 Å². The first kappa shape index (κ1) is 14.9. The molecule has 0 aromatic carbocycles. The van der Waals surface area contributed by atoms with E-state index in [2.05, 4.69) is 0 Å². The van der Waals surface area contributed by atoms with Gasteiger partial charge in [0.1, 0.15) is 11.9 Å². The molecule has 0 aliphatic heterocycles. The molecule has 13 heavy (non-hydrogen) atoms. The Hall–Kier alpha value is -0.600. The van der Waals surface area contributed by atoms with Gasteiger partial charge in [-0.25, -0.2) is 0 Å². The number of carbonyl (C=O) groups excluding carboxylic acids is 2. The van der Waals surface area contributed by atoms with Crippen LogP contribution in [0.15, 0.2) is 0 Å². The molecule has 81 valence electrons. The van der Waals surface area contributed by atoms with E-state index < -0.39 is 23.8 Å². The van der Waals surface area contributed by atoms with Crippen LogP contribution < -0.4 is 10.2 Å². The number of hydrogen-bond donors (Lipinski definition) is 0. The fourth-order valence-corrected chi connectivity index (χ4v) is 0.256. The van der Waals surface area contributed by atoms with Crippen molar-refractivity contribution in [1.29, 1.82) is 0 Å². The number of carboxylic acid groups (broad SMARTS) is 2. The maximum atomic E-state index is 11.7. The summed E-state index contributed by atoms with van der Waals surface area (Å²) < 4.78 is 47.0. The van der Waals surface area contributed by atoms with E-state index in [1.165, 1.54) is 0 Å². The maximum absolute atomic E-state index is 11.7. The molecule has 0 fully saturated rings. The van der Waals surface area contributed by atoms with Crippen molar-refractivity contribution in [2.75, 3.05) is 0 Å². The van der Waals surface area contributed by atoms with E-state index in [9.17, 15) is 37.4 Å². The Balaban J connectivity index is 0. The van der Waals surface area contributed by atoms with Crippen molar-refractivity contribution in [2.45, 2.75) is 11.8 Å². The Morgan fingerprint density at radius 3 is 1.08 bits per heavy atom. The number of hydrogen-bond acceptors (Lipinski definition) is 4. The predicted octanol–water partition coefficient (Wildman–Crippen LogP) is -2.25. The molecule has 0 aromatic rings. The van der Waals surface area contributed by atoms with Crippen LogP contribution in [0.1, 0.15) is 0 Å². The normalized spacial score (nSPS) is 11.7. The van der Waals surface area contributed by atoms with E-state index in [0.717, 1.165) is 0 Å². The van der Waals surface area contributed by atoms with Crippen LogP contribution in [-0.4, -0.2) is 23.8 Å². The minimum atomic E-state index is -5.77. The largest absolute Gasteiger partial charge is 0.544 e. The minimum absolute atomic E-state index is 0. The molecule has 0 amide bonds. The van der Waals surface area contributed by atoms with Gasteiger partial charge in [0.25, 0.3) is 0 Å². The number of rotatable bonds is 3. The molecule has 0 unspecified atom stereocenters. The molecule has 9 heteroatoms. The molecule has 0 atom stereocenters. The molecule has 0 N–H and O–H groups in total. The Labute approximate surface area is 84.0 Å². The summed E-state index contributed by atoms with van der Waals surface area (Å²) >= 11 is 0. The van der Waals surface area contributed by atoms with Crippen molar-refractivity contribution < 1.29 is 59.7 Å². The predicted molar refractivity (Wildman–Crippen MR) is 19.9 cm³/mol. The number of halogens is 4. The standard InChI is InChI=1S/C4H2F4O4.Ag/c5-3(6,1(9)10)4(7,8)2(11)12;/h(H,9,10)(H,11,12);/p-2. The van der Waals surface area contributed by atoms with Gasteiger partial charge in [-0.15, -0.1) is 0 Å². The Bertz CT molecular complexity index is 204. The SMILES string of the molecule is O=C([O-])C(F)(F)C(F)(F)C(=O)[O-].[Ag]. The molecular formula is C4AgF4O4-2. The number of carbonyl (C=O) groups is 2. The Kier molecular flexibility index (Phi) is 4.67. The molecule has 4 nitrogen and oxygen atoms in total. The van der Waals surface area contributed by atoms with Gasteiger partial charge >= 0.3 is 11.8 Å². The van der Waals surface area contributed by atoms with Gasteiger partial charge in [-0.1, -0.05) is 0 Å². The number of alkyl halides is 4. The van der Waals surface area contributed by atoms with Gasteiger partial charge in [0.05, 0.1) is 0 Å². The van der Waals surface area contributed by atoms with E-state index >= 15 is 0 Å². The first-order valence-corrected chi connectivity index (χ1v) is 2.32. The van der Waals surface area contributed by atoms with Gasteiger partial charge in [-0.2, -0.15) is 17.6 Å². The molecule has 0 spiro atoms. The summed E-state index contributed by atoms with van der Waals surface area (Å²) in [4.78, 5) is 18.7. The zero-order chi connectivity index (χ0) is 10.2. The molecule has 0 bridgehead atoms. The third-order valence-corrected chi connectivity index (χ3v) is 0.907. The summed E-state index contributed by atoms with van der Waals surface area (Å²) in [5, 5.41) is 18.7. The minimum Gasteiger partial charge on any atom is -0.544 e. The summed E-state index contributed by atoms with van der Waals surface area (Å²) in [5.74, 6) is -18.5. The third kappa shape index (κ3) is 2.42. The summed E-state index contributed by atoms with van der Waals surface area (Å²) in [7, 11) is 0. The molecular weight excluding hydrogens is 296 g/mol. The zero-order valence-electron chi connectivity index (χ0n) is 5.45. The van der Waals surface area contributed by atoms with Crippen molar-refractivity contribution in [3.05, 3.63) is 0 Å². The third-order valence-electron chi connectivity index (χ3n) is 0.907. The van der Waals surface area contributed by atoms with Crippen LogP contribution in [0.25, 0.3) is 0 Å². The molecule has 0 saturated heterocycles. The molecule has 0 rings (SSSR count).